The van der Waals surface area contributed by atoms with E-state index in [1.165, 1.54) is 13.4 Å². The Morgan fingerprint density at radius 3 is 2.45 bits per heavy atom. The van der Waals surface area contributed by atoms with Crippen LogP contribution in [0.15, 0.2) is 82.2 Å². The minimum atomic E-state index is -0.447. The van der Waals surface area contributed by atoms with Crippen molar-refractivity contribution in [3.8, 4) is 17.2 Å². The summed E-state index contributed by atoms with van der Waals surface area (Å²) in [6.45, 7) is 2.45. The van der Waals surface area contributed by atoms with Gasteiger partial charge >= 0.3 is 5.97 Å². The lowest BCUT2D eigenvalue weighted by molar-refractivity contribution is 0.0600. The zero-order valence-corrected chi connectivity index (χ0v) is 17.1. The SMILES string of the molecule is COC(=O)c1ccc(Oc2coc3cc(OCc4ccccc4C)ccc3c2=O)cc1. The first-order valence-corrected chi connectivity index (χ1v) is 9.64. The highest BCUT2D eigenvalue weighted by molar-refractivity contribution is 5.89. The Balaban J connectivity index is 1.52. The maximum absolute atomic E-state index is 12.8. The van der Waals surface area contributed by atoms with Gasteiger partial charge in [-0.05, 0) is 54.4 Å². The molecule has 4 aromatic rings. The summed E-state index contributed by atoms with van der Waals surface area (Å²) >= 11 is 0. The zero-order chi connectivity index (χ0) is 21.8. The van der Waals surface area contributed by atoms with Gasteiger partial charge in [0.2, 0.25) is 11.2 Å². The van der Waals surface area contributed by atoms with Crippen LogP contribution in [0.1, 0.15) is 21.5 Å². The molecule has 6 nitrogen and oxygen atoms in total. The maximum Gasteiger partial charge on any atom is 0.337 e. The van der Waals surface area contributed by atoms with Crippen LogP contribution < -0.4 is 14.9 Å². The molecule has 0 bridgehead atoms. The Bertz CT molecular complexity index is 1290. The summed E-state index contributed by atoms with van der Waals surface area (Å²) in [7, 11) is 1.31. The second-order valence-electron chi connectivity index (χ2n) is 6.92. The Morgan fingerprint density at radius 2 is 1.71 bits per heavy atom. The second-order valence-corrected chi connectivity index (χ2v) is 6.92. The molecule has 0 saturated heterocycles. The highest BCUT2D eigenvalue weighted by atomic mass is 16.5. The van der Waals surface area contributed by atoms with Crippen molar-refractivity contribution in [2.24, 2.45) is 0 Å². The van der Waals surface area contributed by atoms with Gasteiger partial charge in [0, 0.05) is 6.07 Å². The monoisotopic (exact) mass is 416 g/mol. The molecule has 4 rings (SSSR count). The minimum Gasteiger partial charge on any atom is -0.489 e. The summed E-state index contributed by atoms with van der Waals surface area (Å²) in [6, 6.07) is 19.3. The van der Waals surface area contributed by atoms with Crippen LogP contribution in [0.2, 0.25) is 0 Å². The number of aryl methyl sites for hydroxylation is 1. The van der Waals surface area contributed by atoms with E-state index in [0.717, 1.165) is 11.1 Å². The van der Waals surface area contributed by atoms with Crippen molar-refractivity contribution < 1.29 is 23.4 Å². The van der Waals surface area contributed by atoms with Gasteiger partial charge in [-0.15, -0.1) is 0 Å². The average Bonchev–Trinajstić information content (AvgIpc) is 2.80. The Hall–Kier alpha value is -4.06. The van der Waals surface area contributed by atoms with E-state index in [1.807, 2.05) is 31.2 Å². The summed E-state index contributed by atoms with van der Waals surface area (Å²) in [5, 5.41) is 0.381. The molecule has 0 saturated carbocycles. The van der Waals surface area contributed by atoms with Gasteiger partial charge in [0.05, 0.1) is 18.1 Å². The van der Waals surface area contributed by atoms with Gasteiger partial charge in [-0.1, -0.05) is 24.3 Å². The normalized spacial score (nSPS) is 10.6. The van der Waals surface area contributed by atoms with Crippen molar-refractivity contribution in [3.05, 3.63) is 99.9 Å². The third-order valence-corrected chi connectivity index (χ3v) is 4.87. The maximum atomic E-state index is 12.8. The summed E-state index contributed by atoms with van der Waals surface area (Å²) in [5.41, 5.74) is 2.73. The van der Waals surface area contributed by atoms with Gasteiger partial charge in [-0.3, -0.25) is 4.79 Å². The lowest BCUT2D eigenvalue weighted by atomic mass is 10.1. The number of benzene rings is 3. The standard InChI is InChI=1S/C25H20O6/c1-16-5-3-4-6-18(16)14-29-20-11-12-21-22(13-20)30-15-23(24(21)26)31-19-9-7-17(8-10-19)25(27)28-2/h3-13,15H,14H2,1-2H3. The van der Waals surface area contributed by atoms with Crippen LogP contribution in [-0.4, -0.2) is 13.1 Å². The van der Waals surface area contributed by atoms with Crippen molar-refractivity contribution >= 4 is 16.9 Å². The Morgan fingerprint density at radius 1 is 0.968 bits per heavy atom. The quantitative estimate of drug-likeness (QED) is 0.399. The predicted octanol–water partition coefficient (Wildman–Crippen LogP) is 5.26. The summed E-state index contributed by atoms with van der Waals surface area (Å²) in [4.78, 5) is 24.3. The first-order valence-electron chi connectivity index (χ1n) is 9.64. The van der Waals surface area contributed by atoms with Crippen LogP contribution in [0.5, 0.6) is 17.2 Å². The zero-order valence-electron chi connectivity index (χ0n) is 17.1. The number of hydrogen-bond acceptors (Lipinski definition) is 6. The highest BCUT2D eigenvalue weighted by Gasteiger charge is 2.11. The van der Waals surface area contributed by atoms with Crippen LogP contribution in [0.25, 0.3) is 11.0 Å². The van der Waals surface area contributed by atoms with Crippen molar-refractivity contribution in [2.45, 2.75) is 13.5 Å². The van der Waals surface area contributed by atoms with E-state index in [0.29, 0.717) is 34.6 Å². The predicted molar refractivity (Wildman–Crippen MR) is 116 cm³/mol. The number of rotatable bonds is 6. The van der Waals surface area contributed by atoms with E-state index in [1.54, 1.807) is 42.5 Å². The first kappa shape index (κ1) is 20.2. The van der Waals surface area contributed by atoms with Crippen molar-refractivity contribution in [2.75, 3.05) is 7.11 Å². The van der Waals surface area contributed by atoms with Gasteiger partial charge in [0.1, 0.15) is 30.0 Å². The van der Waals surface area contributed by atoms with E-state index in [4.69, 9.17) is 13.9 Å². The third kappa shape index (κ3) is 4.43. The van der Waals surface area contributed by atoms with Crippen LogP contribution in [-0.2, 0) is 11.3 Å². The molecule has 0 unspecified atom stereocenters. The summed E-state index contributed by atoms with van der Waals surface area (Å²) in [6.07, 6.45) is 1.27. The average molecular weight is 416 g/mol. The first-order chi connectivity index (χ1) is 15.0. The fraction of sp³-hybridized carbons (Fsp3) is 0.120. The van der Waals surface area contributed by atoms with Gasteiger partial charge in [0.15, 0.2) is 0 Å². The summed E-state index contributed by atoms with van der Waals surface area (Å²) < 4.78 is 21.8. The second kappa shape index (κ2) is 8.75. The number of methoxy groups -OCH3 is 1. The highest BCUT2D eigenvalue weighted by Crippen LogP contribution is 2.25. The summed E-state index contributed by atoms with van der Waals surface area (Å²) in [5.74, 6) is 0.604. The molecule has 3 aromatic carbocycles. The number of hydrogen-bond donors (Lipinski definition) is 0. The molecule has 156 valence electrons. The molecule has 0 aliphatic rings. The third-order valence-electron chi connectivity index (χ3n) is 4.87. The fourth-order valence-electron chi connectivity index (χ4n) is 3.09. The molecular weight excluding hydrogens is 396 g/mol. The van der Waals surface area contributed by atoms with Gasteiger partial charge < -0.3 is 18.6 Å². The molecule has 0 spiro atoms. The van der Waals surface area contributed by atoms with E-state index >= 15 is 0 Å². The molecule has 1 heterocycles. The lowest BCUT2D eigenvalue weighted by Gasteiger charge is -2.10. The topological polar surface area (TPSA) is 75.0 Å². The number of esters is 1. The van der Waals surface area contributed by atoms with Gasteiger partial charge in [0.25, 0.3) is 0 Å². The molecule has 0 amide bonds. The van der Waals surface area contributed by atoms with Crippen LogP contribution >= 0.6 is 0 Å². The molecule has 0 fully saturated rings. The van der Waals surface area contributed by atoms with E-state index in [2.05, 4.69) is 4.74 Å². The van der Waals surface area contributed by atoms with E-state index in [9.17, 15) is 9.59 Å². The van der Waals surface area contributed by atoms with Crippen LogP contribution in [0.4, 0.5) is 0 Å². The van der Waals surface area contributed by atoms with Crippen LogP contribution in [0, 0.1) is 6.92 Å². The van der Waals surface area contributed by atoms with E-state index < -0.39 is 5.97 Å². The van der Waals surface area contributed by atoms with Crippen LogP contribution in [0.3, 0.4) is 0 Å². The molecule has 0 aliphatic heterocycles. The molecule has 31 heavy (non-hydrogen) atoms. The number of ether oxygens (including phenoxy) is 3. The molecule has 0 radical (unpaired) electrons. The number of fused-ring (bicyclic) bond motifs is 1. The van der Waals surface area contributed by atoms with E-state index in [-0.39, 0.29) is 11.2 Å². The van der Waals surface area contributed by atoms with Gasteiger partial charge in [-0.25, -0.2) is 4.79 Å². The van der Waals surface area contributed by atoms with Crippen molar-refractivity contribution in [3.63, 3.8) is 0 Å². The molecule has 1 aromatic heterocycles. The molecule has 0 N–H and O–H groups in total. The van der Waals surface area contributed by atoms with Gasteiger partial charge in [-0.2, -0.15) is 0 Å². The largest absolute Gasteiger partial charge is 0.489 e. The smallest absolute Gasteiger partial charge is 0.337 e. The van der Waals surface area contributed by atoms with Crippen molar-refractivity contribution in [1.82, 2.24) is 0 Å². The minimum absolute atomic E-state index is 0.0481. The molecule has 0 aliphatic carbocycles. The molecular formula is C25H20O6. The molecule has 0 atom stereocenters. The fourth-order valence-corrected chi connectivity index (χ4v) is 3.09. The molecule has 6 heteroatoms. The lowest BCUT2D eigenvalue weighted by Crippen LogP contribution is -2.05. The number of carbonyl (C=O) groups is 1. The Labute approximate surface area is 178 Å². The van der Waals surface area contributed by atoms with Crippen molar-refractivity contribution in [1.29, 1.82) is 0 Å². The Kier molecular flexibility index (Phi) is 5.71. The number of carbonyl (C=O) groups excluding carboxylic acids is 1.